The fourth-order valence-electron chi connectivity index (χ4n) is 4.02. The van der Waals surface area contributed by atoms with E-state index in [9.17, 15) is 4.79 Å². The molecule has 6 rings (SSSR count). The zero-order valence-electron chi connectivity index (χ0n) is 17.1. The van der Waals surface area contributed by atoms with Gasteiger partial charge in [0.2, 0.25) is 0 Å². The highest BCUT2D eigenvalue weighted by atomic mass is 35.5. The first-order chi connectivity index (χ1) is 15.6. The van der Waals surface area contributed by atoms with Crippen molar-refractivity contribution >= 4 is 28.7 Å². The molecule has 5 aromatic rings. The van der Waals surface area contributed by atoms with Crippen molar-refractivity contribution in [3.8, 4) is 0 Å². The Hall–Kier alpha value is -3.65. The number of nitrogens with one attached hydrogen (secondary N) is 1. The van der Waals surface area contributed by atoms with Crippen LogP contribution in [0.3, 0.4) is 0 Å². The third-order valence-corrected chi connectivity index (χ3v) is 6.02. The van der Waals surface area contributed by atoms with Gasteiger partial charge in [0.25, 0.3) is 5.91 Å². The van der Waals surface area contributed by atoms with Crippen LogP contribution in [0.15, 0.2) is 61.4 Å². The monoisotopic (exact) mass is 445 g/mol. The van der Waals surface area contributed by atoms with E-state index in [1.807, 2.05) is 22.7 Å². The molecule has 0 unspecified atom stereocenters. The molecule has 5 heterocycles. The maximum absolute atomic E-state index is 12.6. The number of fused-ring (bicyclic) bond motifs is 2. The molecular weight excluding hydrogens is 426 g/mol. The van der Waals surface area contributed by atoms with Gasteiger partial charge in [-0.1, -0.05) is 17.7 Å². The Labute approximate surface area is 188 Å². The Morgan fingerprint density at radius 3 is 3.00 bits per heavy atom. The summed E-state index contributed by atoms with van der Waals surface area (Å²) in [5.41, 5.74) is 5.29. The SMILES string of the molecule is O=C(NCc1ncn2ccc(Cl)cc12)c1cnn(Cc2cn3c(C4CC4)cccc3n2)c1. The highest BCUT2D eigenvalue weighted by Crippen LogP contribution is 2.40. The van der Waals surface area contributed by atoms with Gasteiger partial charge in [0.1, 0.15) is 5.65 Å². The lowest BCUT2D eigenvalue weighted by Gasteiger charge is -2.02. The molecule has 160 valence electrons. The first-order valence-corrected chi connectivity index (χ1v) is 10.9. The summed E-state index contributed by atoms with van der Waals surface area (Å²) in [6.45, 7) is 0.806. The third kappa shape index (κ3) is 3.52. The van der Waals surface area contributed by atoms with Crippen LogP contribution in [0.25, 0.3) is 11.2 Å². The number of halogens is 1. The van der Waals surface area contributed by atoms with Gasteiger partial charge in [-0.05, 0) is 43.0 Å². The van der Waals surface area contributed by atoms with Crippen molar-refractivity contribution in [2.75, 3.05) is 0 Å². The van der Waals surface area contributed by atoms with E-state index < -0.39 is 0 Å². The minimum Gasteiger partial charge on any atom is -0.346 e. The molecule has 5 aromatic heterocycles. The summed E-state index contributed by atoms with van der Waals surface area (Å²) in [7, 11) is 0. The summed E-state index contributed by atoms with van der Waals surface area (Å²) in [4.78, 5) is 21.7. The molecule has 0 saturated heterocycles. The van der Waals surface area contributed by atoms with Gasteiger partial charge in [-0.3, -0.25) is 9.48 Å². The van der Waals surface area contributed by atoms with Crippen LogP contribution in [0.4, 0.5) is 0 Å². The van der Waals surface area contributed by atoms with Gasteiger partial charge in [0, 0.05) is 29.3 Å². The van der Waals surface area contributed by atoms with Crippen LogP contribution >= 0.6 is 11.6 Å². The largest absolute Gasteiger partial charge is 0.346 e. The van der Waals surface area contributed by atoms with Crippen LogP contribution < -0.4 is 5.32 Å². The zero-order chi connectivity index (χ0) is 21.7. The zero-order valence-corrected chi connectivity index (χ0v) is 17.9. The number of imidazole rings is 2. The average Bonchev–Trinajstić information content (AvgIpc) is 3.19. The number of carbonyl (C=O) groups excluding carboxylic acids is 1. The highest BCUT2D eigenvalue weighted by Gasteiger charge is 2.26. The summed E-state index contributed by atoms with van der Waals surface area (Å²) in [6, 6.07) is 9.88. The number of carbonyl (C=O) groups is 1. The van der Waals surface area contributed by atoms with E-state index >= 15 is 0 Å². The van der Waals surface area contributed by atoms with E-state index in [-0.39, 0.29) is 5.91 Å². The van der Waals surface area contributed by atoms with Crippen molar-refractivity contribution in [1.29, 1.82) is 0 Å². The summed E-state index contributed by atoms with van der Waals surface area (Å²) in [6.07, 6.45) is 11.4. The number of hydrogen-bond donors (Lipinski definition) is 1. The van der Waals surface area contributed by atoms with Crippen LogP contribution in [0, 0.1) is 0 Å². The third-order valence-electron chi connectivity index (χ3n) is 5.79. The lowest BCUT2D eigenvalue weighted by Crippen LogP contribution is -2.22. The molecule has 1 N–H and O–H groups in total. The molecule has 0 spiro atoms. The normalized spacial score (nSPS) is 13.8. The fraction of sp³-hybridized carbons (Fsp3) is 0.217. The standard InChI is InChI=1S/C23H20ClN7O/c24-17-6-7-29-14-26-19(21(29)8-17)10-25-23(32)16-9-27-30(11-16)12-18-13-31-20(15-4-5-15)2-1-3-22(31)28-18/h1-3,6-9,11,13-15H,4-5,10,12H2,(H,25,32). The number of pyridine rings is 2. The molecule has 0 aromatic carbocycles. The second-order valence-corrected chi connectivity index (χ2v) is 8.56. The average molecular weight is 446 g/mol. The second-order valence-electron chi connectivity index (χ2n) is 8.12. The van der Waals surface area contributed by atoms with Crippen molar-refractivity contribution in [3.63, 3.8) is 0 Å². The van der Waals surface area contributed by atoms with Crippen molar-refractivity contribution < 1.29 is 4.79 Å². The van der Waals surface area contributed by atoms with E-state index in [1.54, 1.807) is 29.5 Å². The van der Waals surface area contributed by atoms with Gasteiger partial charge < -0.3 is 14.1 Å². The number of amides is 1. The van der Waals surface area contributed by atoms with Crippen LogP contribution in [0.2, 0.25) is 5.02 Å². The Balaban J connectivity index is 1.15. The maximum Gasteiger partial charge on any atom is 0.254 e. The lowest BCUT2D eigenvalue weighted by molar-refractivity contribution is 0.0950. The summed E-state index contributed by atoms with van der Waals surface area (Å²) < 4.78 is 5.78. The van der Waals surface area contributed by atoms with E-state index in [2.05, 4.69) is 38.1 Å². The first-order valence-electron chi connectivity index (χ1n) is 10.5. The van der Waals surface area contributed by atoms with Gasteiger partial charge in [-0.25, -0.2) is 9.97 Å². The maximum atomic E-state index is 12.6. The molecule has 32 heavy (non-hydrogen) atoms. The molecule has 0 atom stereocenters. The number of nitrogens with zero attached hydrogens (tertiary/aromatic N) is 6. The van der Waals surface area contributed by atoms with Crippen LogP contribution in [0.5, 0.6) is 0 Å². The van der Waals surface area contributed by atoms with Crippen molar-refractivity contribution in [1.82, 2.24) is 33.9 Å². The van der Waals surface area contributed by atoms with Crippen molar-refractivity contribution in [2.45, 2.75) is 31.8 Å². The van der Waals surface area contributed by atoms with Gasteiger partial charge >= 0.3 is 0 Å². The Morgan fingerprint density at radius 1 is 1.22 bits per heavy atom. The predicted octanol–water partition coefficient (Wildman–Crippen LogP) is 3.69. The lowest BCUT2D eigenvalue weighted by atomic mass is 10.2. The molecule has 1 fully saturated rings. The number of hydrogen-bond acceptors (Lipinski definition) is 4. The quantitative estimate of drug-likeness (QED) is 0.432. The minimum atomic E-state index is -0.203. The van der Waals surface area contributed by atoms with Crippen LogP contribution in [-0.4, -0.2) is 34.5 Å². The second kappa shape index (κ2) is 7.49. The molecule has 1 amide bonds. The topological polar surface area (TPSA) is 81.5 Å². The Kier molecular flexibility index (Phi) is 4.46. The molecule has 9 heteroatoms. The van der Waals surface area contributed by atoms with Crippen molar-refractivity contribution in [2.24, 2.45) is 0 Å². The molecule has 1 aliphatic carbocycles. The Bertz CT molecular complexity index is 1460. The summed E-state index contributed by atoms with van der Waals surface area (Å²) >= 11 is 6.08. The van der Waals surface area contributed by atoms with E-state index in [0.29, 0.717) is 29.6 Å². The number of aromatic nitrogens is 6. The predicted molar refractivity (Wildman–Crippen MR) is 120 cm³/mol. The summed E-state index contributed by atoms with van der Waals surface area (Å²) in [5, 5.41) is 7.88. The van der Waals surface area contributed by atoms with Gasteiger partial charge in [0.05, 0.1) is 48.1 Å². The van der Waals surface area contributed by atoms with Gasteiger partial charge in [0.15, 0.2) is 0 Å². The summed E-state index contributed by atoms with van der Waals surface area (Å²) in [5.74, 6) is 0.440. The van der Waals surface area contributed by atoms with E-state index in [4.69, 9.17) is 16.6 Å². The van der Waals surface area contributed by atoms with Gasteiger partial charge in [-0.15, -0.1) is 0 Å². The molecule has 0 aliphatic heterocycles. The molecule has 0 radical (unpaired) electrons. The molecule has 1 aliphatic rings. The number of rotatable bonds is 6. The van der Waals surface area contributed by atoms with Crippen LogP contribution in [0.1, 0.15) is 46.2 Å². The smallest absolute Gasteiger partial charge is 0.254 e. The van der Waals surface area contributed by atoms with Gasteiger partial charge in [-0.2, -0.15) is 5.10 Å². The fourth-order valence-corrected chi connectivity index (χ4v) is 4.18. The van der Waals surface area contributed by atoms with E-state index in [1.165, 1.54) is 18.5 Å². The van der Waals surface area contributed by atoms with E-state index in [0.717, 1.165) is 22.6 Å². The van der Waals surface area contributed by atoms with Crippen LogP contribution in [-0.2, 0) is 13.1 Å². The highest BCUT2D eigenvalue weighted by molar-refractivity contribution is 6.30. The Morgan fingerprint density at radius 2 is 2.12 bits per heavy atom. The molecular formula is C23H20ClN7O. The first kappa shape index (κ1) is 19.1. The van der Waals surface area contributed by atoms with Crippen molar-refractivity contribution in [3.05, 3.63) is 89.1 Å². The molecule has 0 bridgehead atoms. The molecule has 8 nitrogen and oxygen atoms in total. The minimum absolute atomic E-state index is 0.203. The molecule has 1 saturated carbocycles.